The molecule has 1 atom stereocenters. The molecule has 1 nitrogen and oxygen atoms in total. The lowest BCUT2D eigenvalue weighted by Crippen LogP contribution is -2.21. The van der Waals surface area contributed by atoms with Crippen LogP contribution in [0.2, 0.25) is 0 Å². The lowest BCUT2D eigenvalue weighted by Gasteiger charge is -2.23. The fraction of sp³-hybridized carbons (Fsp3) is 0.500. The van der Waals surface area contributed by atoms with Crippen LogP contribution in [0.25, 0.3) is 0 Å². The predicted octanol–water partition coefficient (Wildman–Crippen LogP) is 4.41. The van der Waals surface area contributed by atoms with Crippen LogP contribution in [0.15, 0.2) is 18.2 Å². The van der Waals surface area contributed by atoms with Crippen molar-refractivity contribution >= 4 is 0 Å². The van der Waals surface area contributed by atoms with Gasteiger partial charge in [-0.3, -0.25) is 0 Å². The van der Waals surface area contributed by atoms with Crippen LogP contribution >= 0.6 is 0 Å². The molecular formula is C12H12F6O. The molecule has 1 unspecified atom stereocenters. The molecule has 0 radical (unpaired) electrons. The minimum Gasteiger partial charge on any atom is -0.388 e. The fourth-order valence-electron chi connectivity index (χ4n) is 1.73. The zero-order chi connectivity index (χ0) is 15.0. The van der Waals surface area contributed by atoms with Gasteiger partial charge in [0.1, 0.15) is 0 Å². The third-order valence-corrected chi connectivity index (χ3v) is 2.64. The first-order valence-electron chi connectivity index (χ1n) is 5.41. The largest absolute Gasteiger partial charge is 0.417 e. The van der Waals surface area contributed by atoms with Crippen molar-refractivity contribution in [2.75, 3.05) is 0 Å². The quantitative estimate of drug-likeness (QED) is 0.798. The van der Waals surface area contributed by atoms with Gasteiger partial charge in [0.25, 0.3) is 0 Å². The summed E-state index contributed by atoms with van der Waals surface area (Å²) < 4.78 is 76.5. The van der Waals surface area contributed by atoms with E-state index >= 15 is 0 Å². The molecule has 0 fully saturated rings. The van der Waals surface area contributed by atoms with Gasteiger partial charge in [0, 0.05) is 0 Å². The van der Waals surface area contributed by atoms with E-state index in [2.05, 4.69) is 0 Å². The Bertz CT molecular complexity index is 447. The van der Waals surface area contributed by atoms with Crippen molar-refractivity contribution in [2.45, 2.75) is 32.3 Å². The van der Waals surface area contributed by atoms with E-state index in [4.69, 9.17) is 0 Å². The highest BCUT2D eigenvalue weighted by atomic mass is 19.4. The maximum absolute atomic E-state index is 12.9. The van der Waals surface area contributed by atoms with Gasteiger partial charge in [-0.25, -0.2) is 0 Å². The summed E-state index contributed by atoms with van der Waals surface area (Å²) in [5.74, 6) is -0.635. The number of aliphatic hydroxyl groups excluding tert-OH is 1. The third kappa shape index (κ3) is 3.40. The Hall–Kier alpha value is -1.24. The third-order valence-electron chi connectivity index (χ3n) is 2.64. The predicted molar refractivity (Wildman–Crippen MR) is 56.2 cm³/mol. The van der Waals surface area contributed by atoms with E-state index in [-0.39, 0.29) is 0 Å². The summed E-state index contributed by atoms with van der Waals surface area (Å²) in [6.07, 6.45) is -11.9. The Balaban J connectivity index is 3.58. The smallest absolute Gasteiger partial charge is 0.388 e. The number of halogens is 6. The maximum Gasteiger partial charge on any atom is 0.417 e. The Morgan fingerprint density at radius 3 is 1.84 bits per heavy atom. The highest BCUT2D eigenvalue weighted by Gasteiger charge is 2.45. The van der Waals surface area contributed by atoms with Crippen LogP contribution in [-0.2, 0) is 12.4 Å². The van der Waals surface area contributed by atoms with Crippen LogP contribution in [0.3, 0.4) is 0 Å². The highest BCUT2D eigenvalue weighted by molar-refractivity contribution is 5.40. The lowest BCUT2D eigenvalue weighted by atomic mass is 9.91. The van der Waals surface area contributed by atoms with Crippen molar-refractivity contribution in [1.29, 1.82) is 0 Å². The normalized spacial score (nSPS) is 14.8. The van der Waals surface area contributed by atoms with Crippen LogP contribution in [0.4, 0.5) is 26.3 Å². The van der Waals surface area contributed by atoms with Crippen molar-refractivity contribution in [3.05, 3.63) is 34.9 Å². The van der Waals surface area contributed by atoms with Crippen molar-refractivity contribution in [3.8, 4) is 0 Å². The minimum atomic E-state index is -5.18. The van der Waals surface area contributed by atoms with Gasteiger partial charge >= 0.3 is 12.4 Å². The van der Waals surface area contributed by atoms with Gasteiger partial charge in [-0.05, 0) is 17.5 Å². The van der Waals surface area contributed by atoms with Crippen molar-refractivity contribution < 1.29 is 31.4 Å². The van der Waals surface area contributed by atoms with Crippen LogP contribution in [0.5, 0.6) is 0 Å². The highest BCUT2D eigenvalue weighted by Crippen LogP contribution is 2.44. The zero-order valence-corrected chi connectivity index (χ0v) is 10.1. The molecule has 0 saturated carbocycles. The number of rotatable bonds is 2. The molecule has 0 bridgehead atoms. The summed E-state index contributed by atoms with van der Waals surface area (Å²) in [7, 11) is 0. The second kappa shape index (κ2) is 5.03. The van der Waals surface area contributed by atoms with Gasteiger partial charge in [0.2, 0.25) is 0 Å². The molecular weight excluding hydrogens is 274 g/mol. The van der Waals surface area contributed by atoms with Gasteiger partial charge in [0.05, 0.1) is 17.2 Å². The molecule has 0 aliphatic carbocycles. The van der Waals surface area contributed by atoms with Crippen molar-refractivity contribution in [2.24, 2.45) is 5.92 Å². The molecule has 1 aromatic rings. The topological polar surface area (TPSA) is 20.2 Å². The monoisotopic (exact) mass is 286 g/mol. The number of alkyl halides is 6. The average molecular weight is 286 g/mol. The van der Waals surface area contributed by atoms with Crippen LogP contribution in [0.1, 0.15) is 36.6 Å². The first kappa shape index (κ1) is 15.8. The molecule has 19 heavy (non-hydrogen) atoms. The van der Waals surface area contributed by atoms with Crippen LogP contribution in [0, 0.1) is 5.92 Å². The summed E-state index contributed by atoms with van der Waals surface area (Å²) >= 11 is 0. The van der Waals surface area contributed by atoms with E-state index in [0.717, 1.165) is 12.1 Å². The lowest BCUT2D eigenvalue weighted by molar-refractivity contribution is -0.163. The Morgan fingerprint density at radius 1 is 0.947 bits per heavy atom. The molecule has 1 rings (SSSR count). The van der Waals surface area contributed by atoms with Gasteiger partial charge in [-0.15, -0.1) is 0 Å². The second-order valence-corrected chi connectivity index (χ2v) is 4.45. The maximum atomic E-state index is 12.9. The molecule has 1 N–H and O–H groups in total. The van der Waals surface area contributed by atoms with E-state index in [0.29, 0.717) is 6.07 Å². The first-order valence-corrected chi connectivity index (χ1v) is 5.41. The van der Waals surface area contributed by atoms with Gasteiger partial charge in [-0.1, -0.05) is 26.0 Å². The Morgan fingerprint density at radius 2 is 1.47 bits per heavy atom. The molecule has 108 valence electrons. The van der Waals surface area contributed by atoms with Gasteiger partial charge in [0.15, 0.2) is 0 Å². The van der Waals surface area contributed by atoms with Crippen molar-refractivity contribution in [1.82, 2.24) is 0 Å². The van der Waals surface area contributed by atoms with Crippen LogP contribution in [-0.4, -0.2) is 5.11 Å². The SMILES string of the molecule is CC(C)C(O)c1cccc(C(F)(F)F)c1C(F)(F)F. The standard InChI is InChI=1S/C12H12F6O/c1-6(2)10(19)7-4-3-5-8(11(13,14)15)9(7)12(16,17)18/h3-6,10,19H,1-2H3. The fourth-order valence-corrected chi connectivity index (χ4v) is 1.73. The van der Waals surface area contributed by atoms with Crippen molar-refractivity contribution in [3.63, 3.8) is 0 Å². The zero-order valence-electron chi connectivity index (χ0n) is 10.1. The molecule has 0 amide bonds. The van der Waals surface area contributed by atoms with E-state index in [9.17, 15) is 31.4 Å². The molecule has 0 aliphatic rings. The molecule has 0 spiro atoms. The number of aliphatic hydroxyl groups is 1. The molecule has 0 saturated heterocycles. The summed E-state index contributed by atoms with van der Waals surface area (Å²) in [5, 5.41) is 9.66. The first-order chi connectivity index (χ1) is 8.46. The Labute approximate surface area is 105 Å². The summed E-state index contributed by atoms with van der Waals surface area (Å²) in [6.45, 7) is 2.84. The molecule has 1 aromatic carbocycles. The van der Waals surface area contributed by atoms with E-state index in [1.54, 1.807) is 0 Å². The summed E-state index contributed by atoms with van der Waals surface area (Å²) in [5.41, 5.74) is -4.35. The average Bonchev–Trinajstić information content (AvgIpc) is 2.24. The van der Waals surface area contributed by atoms with Crippen LogP contribution < -0.4 is 0 Å². The minimum absolute atomic E-state index is 0.360. The number of hydrogen-bond acceptors (Lipinski definition) is 1. The molecule has 7 heteroatoms. The second-order valence-electron chi connectivity index (χ2n) is 4.45. The summed E-state index contributed by atoms with van der Waals surface area (Å²) in [6, 6.07) is 2.08. The summed E-state index contributed by atoms with van der Waals surface area (Å²) in [4.78, 5) is 0. The van der Waals surface area contributed by atoms with E-state index in [1.165, 1.54) is 13.8 Å². The van der Waals surface area contributed by atoms with Gasteiger partial charge < -0.3 is 5.11 Å². The molecule has 0 heterocycles. The Kier molecular flexibility index (Phi) is 4.19. The molecule has 0 aliphatic heterocycles. The number of hydrogen-bond donors (Lipinski definition) is 1. The number of benzene rings is 1. The van der Waals surface area contributed by atoms with Gasteiger partial charge in [-0.2, -0.15) is 26.3 Å². The molecule has 0 aromatic heterocycles. The van der Waals surface area contributed by atoms with E-state index in [1.807, 2.05) is 0 Å². The van der Waals surface area contributed by atoms with E-state index < -0.39 is 41.1 Å².